The molecule has 0 radical (unpaired) electrons. The van der Waals surface area contributed by atoms with Gasteiger partial charge in [0.2, 0.25) is 21.8 Å². The van der Waals surface area contributed by atoms with Crippen molar-refractivity contribution in [2.45, 2.75) is 18.4 Å². The Morgan fingerprint density at radius 1 is 1.00 bits per heavy atom. The largest absolute Gasteiger partial charge is 0.493 e. The summed E-state index contributed by atoms with van der Waals surface area (Å²) in [5, 5.41) is 7.96. The number of sulfonamides is 1. The van der Waals surface area contributed by atoms with Gasteiger partial charge >= 0.3 is 0 Å². The van der Waals surface area contributed by atoms with Crippen LogP contribution in [-0.2, 0) is 16.6 Å². The van der Waals surface area contributed by atoms with E-state index in [0.29, 0.717) is 17.1 Å². The van der Waals surface area contributed by atoms with Crippen LogP contribution in [0.15, 0.2) is 51.8 Å². The fourth-order valence-electron chi connectivity index (χ4n) is 2.57. The van der Waals surface area contributed by atoms with Crippen molar-refractivity contribution in [2.75, 3.05) is 21.3 Å². The molecule has 148 valence electrons. The molecule has 2 aromatic carbocycles. The Labute approximate surface area is 163 Å². The number of nitrogens with zero attached hydrogens (tertiary/aromatic N) is 3. The maximum Gasteiger partial charge on any atom is 0.247 e. The maximum atomic E-state index is 12.7. The molecule has 0 unspecified atom stereocenters. The summed E-state index contributed by atoms with van der Waals surface area (Å²) < 4.78 is 42.7. The van der Waals surface area contributed by atoms with Gasteiger partial charge in [0.1, 0.15) is 0 Å². The molecule has 1 aromatic heterocycles. The minimum atomic E-state index is -3.66. The van der Waals surface area contributed by atoms with E-state index >= 15 is 0 Å². The van der Waals surface area contributed by atoms with E-state index in [1.165, 1.54) is 18.5 Å². The number of methoxy groups -OCH3 is 2. The summed E-state index contributed by atoms with van der Waals surface area (Å²) >= 11 is 0. The van der Waals surface area contributed by atoms with Crippen molar-refractivity contribution in [1.29, 1.82) is 0 Å². The zero-order chi connectivity index (χ0) is 20.3. The van der Waals surface area contributed by atoms with Gasteiger partial charge < -0.3 is 13.9 Å². The fourth-order valence-corrected chi connectivity index (χ4v) is 3.69. The number of benzene rings is 2. The Kier molecular flexibility index (Phi) is 5.66. The Morgan fingerprint density at radius 2 is 1.68 bits per heavy atom. The minimum Gasteiger partial charge on any atom is -0.493 e. The SMILES string of the molecule is COc1ccc(-c2nnc(CN(C)S(=O)(=O)c3ccc(C)cc3)o2)cc1OC. The third-order valence-electron chi connectivity index (χ3n) is 4.18. The monoisotopic (exact) mass is 403 g/mol. The summed E-state index contributed by atoms with van der Waals surface area (Å²) in [6.07, 6.45) is 0. The van der Waals surface area contributed by atoms with Crippen LogP contribution in [0, 0.1) is 6.92 Å². The van der Waals surface area contributed by atoms with Crippen molar-refractivity contribution in [3.63, 3.8) is 0 Å². The van der Waals surface area contributed by atoms with Crippen molar-refractivity contribution < 1.29 is 22.3 Å². The molecule has 0 N–H and O–H groups in total. The van der Waals surface area contributed by atoms with Crippen LogP contribution in [0.4, 0.5) is 0 Å². The van der Waals surface area contributed by atoms with E-state index in [0.717, 1.165) is 5.56 Å². The number of hydrogen-bond donors (Lipinski definition) is 0. The first-order valence-corrected chi connectivity index (χ1v) is 9.87. The molecular formula is C19H21N3O5S. The molecule has 3 rings (SSSR count). The molecule has 0 fully saturated rings. The van der Waals surface area contributed by atoms with Gasteiger partial charge in [-0.05, 0) is 37.3 Å². The summed E-state index contributed by atoms with van der Waals surface area (Å²) in [5.74, 6) is 1.55. The quantitative estimate of drug-likeness (QED) is 0.599. The summed E-state index contributed by atoms with van der Waals surface area (Å²) in [6, 6.07) is 11.8. The average molecular weight is 403 g/mol. The summed E-state index contributed by atoms with van der Waals surface area (Å²) in [6.45, 7) is 1.85. The van der Waals surface area contributed by atoms with Crippen LogP contribution in [0.5, 0.6) is 11.5 Å². The Balaban J connectivity index is 1.80. The highest BCUT2D eigenvalue weighted by Gasteiger charge is 2.23. The lowest BCUT2D eigenvalue weighted by Crippen LogP contribution is -2.26. The molecule has 28 heavy (non-hydrogen) atoms. The van der Waals surface area contributed by atoms with Gasteiger partial charge in [-0.3, -0.25) is 0 Å². The van der Waals surface area contributed by atoms with Crippen LogP contribution in [0.1, 0.15) is 11.5 Å². The second kappa shape index (κ2) is 7.99. The minimum absolute atomic E-state index is 0.0451. The smallest absolute Gasteiger partial charge is 0.247 e. The van der Waals surface area contributed by atoms with Gasteiger partial charge in [-0.25, -0.2) is 8.42 Å². The second-order valence-corrected chi connectivity index (χ2v) is 8.19. The molecule has 0 bridgehead atoms. The highest BCUT2D eigenvalue weighted by molar-refractivity contribution is 7.89. The van der Waals surface area contributed by atoms with Crippen molar-refractivity contribution >= 4 is 10.0 Å². The molecule has 1 heterocycles. The zero-order valence-corrected chi connectivity index (χ0v) is 16.9. The van der Waals surface area contributed by atoms with Crippen LogP contribution >= 0.6 is 0 Å². The molecule has 0 aliphatic rings. The Bertz CT molecular complexity index is 1060. The van der Waals surface area contributed by atoms with E-state index < -0.39 is 10.0 Å². The fraction of sp³-hybridized carbons (Fsp3) is 0.263. The highest BCUT2D eigenvalue weighted by atomic mass is 32.2. The summed E-state index contributed by atoms with van der Waals surface area (Å²) in [4.78, 5) is 0.209. The predicted molar refractivity (Wildman–Crippen MR) is 103 cm³/mol. The lowest BCUT2D eigenvalue weighted by molar-refractivity contribution is 0.355. The lowest BCUT2D eigenvalue weighted by atomic mass is 10.2. The van der Waals surface area contributed by atoms with Crippen LogP contribution in [0.3, 0.4) is 0 Å². The molecule has 0 saturated carbocycles. The van der Waals surface area contributed by atoms with Crippen molar-refractivity contribution in [3.05, 3.63) is 53.9 Å². The van der Waals surface area contributed by atoms with Gasteiger partial charge in [0, 0.05) is 12.6 Å². The first-order valence-electron chi connectivity index (χ1n) is 8.43. The predicted octanol–water partition coefficient (Wildman–Crippen LogP) is 2.88. The molecule has 0 aliphatic carbocycles. The van der Waals surface area contributed by atoms with E-state index in [4.69, 9.17) is 13.9 Å². The lowest BCUT2D eigenvalue weighted by Gasteiger charge is -2.15. The number of ether oxygens (including phenoxy) is 2. The molecule has 0 amide bonds. The van der Waals surface area contributed by atoms with E-state index in [9.17, 15) is 8.42 Å². The Morgan fingerprint density at radius 3 is 2.32 bits per heavy atom. The van der Waals surface area contributed by atoms with E-state index in [1.807, 2.05) is 6.92 Å². The standard InChI is InChI=1S/C19H21N3O5S/c1-13-5-8-15(9-6-13)28(23,24)22(2)12-18-20-21-19(27-18)14-7-10-16(25-3)17(11-14)26-4/h5-11H,12H2,1-4H3. The van der Waals surface area contributed by atoms with Gasteiger partial charge in [0.05, 0.1) is 25.7 Å². The maximum absolute atomic E-state index is 12.7. The van der Waals surface area contributed by atoms with Crippen LogP contribution in [0.25, 0.3) is 11.5 Å². The molecular weight excluding hydrogens is 382 g/mol. The number of aryl methyl sites for hydroxylation is 1. The molecule has 0 spiro atoms. The van der Waals surface area contributed by atoms with E-state index in [2.05, 4.69) is 10.2 Å². The van der Waals surface area contributed by atoms with Gasteiger partial charge in [-0.1, -0.05) is 17.7 Å². The molecule has 0 saturated heterocycles. The molecule has 8 nitrogen and oxygen atoms in total. The average Bonchev–Trinajstić information content (AvgIpc) is 3.16. The molecule has 3 aromatic rings. The van der Waals surface area contributed by atoms with Gasteiger partial charge in [-0.15, -0.1) is 10.2 Å². The molecule has 9 heteroatoms. The van der Waals surface area contributed by atoms with Crippen LogP contribution in [-0.4, -0.2) is 44.2 Å². The van der Waals surface area contributed by atoms with Crippen molar-refractivity contribution in [2.24, 2.45) is 0 Å². The van der Waals surface area contributed by atoms with E-state index in [-0.39, 0.29) is 23.2 Å². The number of hydrogen-bond acceptors (Lipinski definition) is 7. The van der Waals surface area contributed by atoms with Crippen molar-refractivity contribution in [1.82, 2.24) is 14.5 Å². The third-order valence-corrected chi connectivity index (χ3v) is 6.00. The molecule has 0 atom stereocenters. The topological polar surface area (TPSA) is 94.8 Å². The number of rotatable bonds is 7. The highest BCUT2D eigenvalue weighted by Crippen LogP contribution is 2.31. The van der Waals surface area contributed by atoms with Crippen LogP contribution < -0.4 is 9.47 Å². The first-order chi connectivity index (χ1) is 13.3. The van der Waals surface area contributed by atoms with Crippen LogP contribution in [0.2, 0.25) is 0 Å². The van der Waals surface area contributed by atoms with E-state index in [1.54, 1.807) is 49.6 Å². The van der Waals surface area contributed by atoms with Crippen molar-refractivity contribution in [3.8, 4) is 23.0 Å². The Hall–Kier alpha value is -2.91. The summed E-state index contributed by atoms with van der Waals surface area (Å²) in [5.41, 5.74) is 1.62. The first kappa shape index (κ1) is 19.8. The number of aromatic nitrogens is 2. The van der Waals surface area contributed by atoms with Gasteiger partial charge in [-0.2, -0.15) is 4.31 Å². The normalized spacial score (nSPS) is 11.6. The van der Waals surface area contributed by atoms with Gasteiger partial charge in [0.15, 0.2) is 11.5 Å². The summed E-state index contributed by atoms with van der Waals surface area (Å²) in [7, 11) is 0.890. The van der Waals surface area contributed by atoms with Gasteiger partial charge in [0.25, 0.3) is 0 Å². The zero-order valence-electron chi connectivity index (χ0n) is 16.0. The third kappa shape index (κ3) is 4.00. The molecule has 0 aliphatic heterocycles. The second-order valence-electron chi connectivity index (χ2n) is 6.14.